The Kier molecular flexibility index (Phi) is 8.96. The summed E-state index contributed by atoms with van der Waals surface area (Å²) in [7, 11) is 1.74. The smallest absolute Gasteiger partial charge is 0.409 e. The molecule has 8 heteroatoms. The van der Waals surface area contributed by atoms with Crippen LogP contribution in [0.2, 0.25) is 0 Å². The van der Waals surface area contributed by atoms with Crippen LogP contribution >= 0.6 is 0 Å². The molecule has 0 bridgehead atoms. The largest absolute Gasteiger partial charge is 0.490 e. The molecular formula is C26H36N2O6. The molecule has 34 heavy (non-hydrogen) atoms. The molecule has 8 nitrogen and oxygen atoms in total. The van der Waals surface area contributed by atoms with E-state index in [2.05, 4.69) is 19.0 Å². The highest BCUT2D eigenvalue weighted by molar-refractivity contribution is 5.68. The van der Waals surface area contributed by atoms with E-state index in [1.807, 2.05) is 31.2 Å². The molecule has 1 N–H and O–H groups in total. The van der Waals surface area contributed by atoms with Gasteiger partial charge in [-0.15, -0.1) is 0 Å². The summed E-state index contributed by atoms with van der Waals surface area (Å²) in [4.78, 5) is 24.9. The molecule has 1 aromatic carbocycles. The maximum atomic E-state index is 12.3. The van der Waals surface area contributed by atoms with Crippen LogP contribution in [0.4, 0.5) is 4.79 Å². The highest BCUT2D eigenvalue weighted by Gasteiger charge is 2.25. The topological polar surface area (TPSA) is 102 Å². The van der Waals surface area contributed by atoms with Crippen molar-refractivity contribution in [2.75, 3.05) is 13.6 Å². The first kappa shape index (κ1) is 25.6. The minimum absolute atomic E-state index is 0.0270. The van der Waals surface area contributed by atoms with Gasteiger partial charge in [-0.2, -0.15) is 0 Å². The van der Waals surface area contributed by atoms with Gasteiger partial charge in [0.05, 0.1) is 17.4 Å². The van der Waals surface area contributed by atoms with Gasteiger partial charge in [-0.25, -0.2) is 4.79 Å². The molecule has 1 aliphatic rings. The zero-order valence-corrected chi connectivity index (χ0v) is 20.6. The first-order valence-electron chi connectivity index (χ1n) is 12.0. The number of aromatic nitrogens is 1. The Morgan fingerprint density at radius 2 is 1.97 bits per heavy atom. The average molecular weight is 473 g/mol. The SMILES string of the molecule is Cc1noc(-c2ccc(O[C@H]3CCC[C@H](CC(=O)O)C3)cc2)c1COC(=O)N(C)CCC(C)C. The Balaban J connectivity index is 1.59. The van der Waals surface area contributed by atoms with Crippen molar-refractivity contribution < 1.29 is 28.7 Å². The number of benzene rings is 1. The summed E-state index contributed by atoms with van der Waals surface area (Å²) in [5.41, 5.74) is 2.24. The maximum absolute atomic E-state index is 12.3. The lowest BCUT2D eigenvalue weighted by Crippen LogP contribution is -2.29. The minimum Gasteiger partial charge on any atom is -0.490 e. The number of carbonyl (C=O) groups is 2. The second-order valence-electron chi connectivity index (χ2n) is 9.63. The molecule has 2 aromatic rings. The Bertz CT molecular complexity index is 953. The predicted octanol–water partition coefficient (Wildman–Crippen LogP) is 5.68. The third-order valence-electron chi connectivity index (χ3n) is 6.30. The number of hydrogen-bond acceptors (Lipinski definition) is 6. The molecule has 0 radical (unpaired) electrons. The van der Waals surface area contributed by atoms with Crippen LogP contribution in [0.15, 0.2) is 28.8 Å². The van der Waals surface area contributed by atoms with Gasteiger partial charge in [0.2, 0.25) is 0 Å². The summed E-state index contributed by atoms with van der Waals surface area (Å²) in [5.74, 6) is 1.24. The third kappa shape index (κ3) is 7.23. The maximum Gasteiger partial charge on any atom is 0.409 e. The standard InChI is InChI=1S/C26H36N2O6/c1-17(2)12-13-28(4)26(31)32-16-23-18(3)27-34-25(23)20-8-10-21(11-9-20)33-22-7-5-6-19(14-22)15-24(29)30/h8-11,17,19,22H,5-7,12-16H2,1-4H3,(H,29,30)/t19-,22-/m0/s1. The monoisotopic (exact) mass is 472 g/mol. The van der Waals surface area contributed by atoms with E-state index in [0.29, 0.717) is 23.9 Å². The van der Waals surface area contributed by atoms with Crippen molar-refractivity contribution in [3.05, 3.63) is 35.5 Å². The number of amides is 1. The number of carbonyl (C=O) groups excluding carboxylic acids is 1. The zero-order chi connectivity index (χ0) is 24.7. The normalized spacial score (nSPS) is 18.0. The number of aliphatic carboxylic acids is 1. The summed E-state index contributed by atoms with van der Waals surface area (Å²) in [6.45, 7) is 6.79. The van der Waals surface area contributed by atoms with Crippen molar-refractivity contribution >= 4 is 12.1 Å². The summed E-state index contributed by atoms with van der Waals surface area (Å²) in [5, 5.41) is 13.1. The molecule has 1 amide bonds. The Morgan fingerprint density at radius 1 is 1.24 bits per heavy atom. The van der Waals surface area contributed by atoms with E-state index in [1.165, 1.54) is 0 Å². The molecule has 1 aliphatic carbocycles. The van der Waals surface area contributed by atoms with E-state index in [1.54, 1.807) is 11.9 Å². The molecular weight excluding hydrogens is 436 g/mol. The van der Waals surface area contributed by atoms with Gasteiger partial charge in [-0.1, -0.05) is 19.0 Å². The fourth-order valence-electron chi connectivity index (χ4n) is 4.23. The Morgan fingerprint density at radius 3 is 2.65 bits per heavy atom. The van der Waals surface area contributed by atoms with Gasteiger partial charge in [-0.3, -0.25) is 4.79 Å². The molecule has 2 atom stereocenters. The van der Waals surface area contributed by atoms with Gasteiger partial charge >= 0.3 is 12.1 Å². The van der Waals surface area contributed by atoms with Crippen LogP contribution in [-0.2, 0) is 16.1 Å². The molecule has 1 heterocycles. The van der Waals surface area contributed by atoms with Crippen molar-refractivity contribution in [2.24, 2.45) is 11.8 Å². The van der Waals surface area contributed by atoms with Crippen LogP contribution < -0.4 is 4.74 Å². The van der Waals surface area contributed by atoms with Crippen LogP contribution in [0.3, 0.4) is 0 Å². The van der Waals surface area contributed by atoms with Crippen molar-refractivity contribution in [3.63, 3.8) is 0 Å². The third-order valence-corrected chi connectivity index (χ3v) is 6.30. The quantitative estimate of drug-likeness (QED) is 0.475. The Labute approximate surface area is 201 Å². The summed E-state index contributed by atoms with van der Waals surface area (Å²) < 4.78 is 17.2. The number of aryl methyl sites for hydroxylation is 1. The van der Waals surface area contributed by atoms with E-state index in [9.17, 15) is 9.59 Å². The lowest BCUT2D eigenvalue weighted by molar-refractivity contribution is -0.138. The van der Waals surface area contributed by atoms with Crippen LogP contribution in [0.1, 0.15) is 63.6 Å². The number of ether oxygens (including phenoxy) is 2. The average Bonchev–Trinajstić information content (AvgIpc) is 3.16. The number of carboxylic acids is 1. The van der Waals surface area contributed by atoms with Gasteiger partial charge < -0.3 is 24.0 Å². The van der Waals surface area contributed by atoms with Gasteiger partial charge in [0.1, 0.15) is 12.4 Å². The molecule has 3 rings (SSSR count). The van der Waals surface area contributed by atoms with Crippen LogP contribution in [0, 0.1) is 18.8 Å². The van der Waals surface area contributed by atoms with Gasteiger partial charge in [0.15, 0.2) is 5.76 Å². The summed E-state index contributed by atoms with van der Waals surface area (Å²) >= 11 is 0. The molecule has 0 spiro atoms. The fraction of sp³-hybridized carbons (Fsp3) is 0.577. The van der Waals surface area contributed by atoms with Crippen LogP contribution in [0.25, 0.3) is 11.3 Å². The number of rotatable bonds is 10. The van der Waals surface area contributed by atoms with Crippen LogP contribution in [0.5, 0.6) is 5.75 Å². The number of hydrogen-bond donors (Lipinski definition) is 1. The van der Waals surface area contributed by atoms with Gasteiger partial charge in [0.25, 0.3) is 0 Å². The van der Waals surface area contributed by atoms with Crippen molar-refractivity contribution in [1.29, 1.82) is 0 Å². The van der Waals surface area contributed by atoms with E-state index in [0.717, 1.165) is 49.0 Å². The first-order valence-corrected chi connectivity index (χ1v) is 12.0. The second-order valence-corrected chi connectivity index (χ2v) is 9.63. The predicted molar refractivity (Wildman–Crippen MR) is 128 cm³/mol. The highest BCUT2D eigenvalue weighted by Crippen LogP contribution is 2.32. The number of carboxylic acid groups (broad SMARTS) is 1. The summed E-state index contributed by atoms with van der Waals surface area (Å²) in [6.07, 6.45) is 4.38. The van der Waals surface area contributed by atoms with Crippen LogP contribution in [-0.4, -0.2) is 46.9 Å². The van der Waals surface area contributed by atoms with E-state index in [-0.39, 0.29) is 31.1 Å². The minimum atomic E-state index is -0.749. The summed E-state index contributed by atoms with van der Waals surface area (Å²) in [6, 6.07) is 7.55. The molecule has 186 valence electrons. The zero-order valence-electron chi connectivity index (χ0n) is 20.6. The molecule has 0 aliphatic heterocycles. The molecule has 0 saturated heterocycles. The molecule has 0 unspecified atom stereocenters. The van der Waals surface area contributed by atoms with Crippen molar-refractivity contribution in [2.45, 2.75) is 72.0 Å². The van der Waals surface area contributed by atoms with Gasteiger partial charge in [-0.05, 0) is 75.1 Å². The lowest BCUT2D eigenvalue weighted by atomic mass is 9.85. The van der Waals surface area contributed by atoms with E-state index in [4.69, 9.17) is 19.1 Å². The first-order chi connectivity index (χ1) is 16.2. The van der Waals surface area contributed by atoms with Crippen molar-refractivity contribution in [3.8, 4) is 17.1 Å². The lowest BCUT2D eigenvalue weighted by Gasteiger charge is -2.28. The van der Waals surface area contributed by atoms with Gasteiger partial charge in [0, 0.05) is 25.6 Å². The second kappa shape index (κ2) is 11.9. The van der Waals surface area contributed by atoms with E-state index >= 15 is 0 Å². The Hall–Kier alpha value is -3.03. The van der Waals surface area contributed by atoms with Crippen molar-refractivity contribution in [1.82, 2.24) is 10.1 Å². The number of nitrogens with zero attached hydrogens (tertiary/aromatic N) is 2. The molecule has 1 aromatic heterocycles. The fourth-order valence-corrected chi connectivity index (χ4v) is 4.23. The highest BCUT2D eigenvalue weighted by atomic mass is 16.6. The molecule has 1 saturated carbocycles. The van der Waals surface area contributed by atoms with E-state index < -0.39 is 5.97 Å². The molecule has 1 fully saturated rings.